The molecule has 1 heterocycles. The fourth-order valence-electron chi connectivity index (χ4n) is 3.94. The smallest absolute Gasteiger partial charge is 0.338 e. The number of hydrogen-bond donors (Lipinski definition) is 1. The monoisotopic (exact) mass is 449 g/mol. The highest BCUT2D eigenvalue weighted by molar-refractivity contribution is 6.22. The average Bonchev–Trinajstić information content (AvgIpc) is 3.08. The molecule has 2 aliphatic rings. The van der Waals surface area contributed by atoms with Gasteiger partial charge < -0.3 is 10.1 Å². The lowest BCUT2D eigenvalue weighted by molar-refractivity contribution is -0.384. The summed E-state index contributed by atoms with van der Waals surface area (Å²) in [6.07, 6.45) is 4.80. The third-order valence-corrected chi connectivity index (χ3v) is 5.52. The summed E-state index contributed by atoms with van der Waals surface area (Å²) in [4.78, 5) is 61.3. The number of nitrogens with one attached hydrogen (secondary N) is 1. The van der Waals surface area contributed by atoms with Gasteiger partial charge in [0.2, 0.25) is 11.8 Å². The summed E-state index contributed by atoms with van der Waals surface area (Å²) in [5, 5.41) is 13.2. The van der Waals surface area contributed by atoms with Crippen molar-refractivity contribution < 1.29 is 28.8 Å². The van der Waals surface area contributed by atoms with Gasteiger partial charge in [-0.2, -0.15) is 0 Å². The Bertz CT molecular complexity index is 1160. The molecule has 2 atom stereocenters. The van der Waals surface area contributed by atoms with Crippen LogP contribution in [0.2, 0.25) is 0 Å². The Morgan fingerprint density at radius 1 is 1.03 bits per heavy atom. The van der Waals surface area contributed by atoms with Crippen molar-refractivity contribution in [2.24, 2.45) is 11.8 Å². The lowest BCUT2D eigenvalue weighted by atomic mass is 9.85. The Morgan fingerprint density at radius 3 is 2.36 bits per heavy atom. The van der Waals surface area contributed by atoms with Crippen LogP contribution in [0.1, 0.15) is 23.2 Å². The highest BCUT2D eigenvalue weighted by atomic mass is 16.6. The summed E-state index contributed by atoms with van der Waals surface area (Å²) in [7, 11) is 0. The maximum atomic E-state index is 12.7. The van der Waals surface area contributed by atoms with Crippen molar-refractivity contribution in [3.05, 3.63) is 76.4 Å². The number of esters is 1. The number of nitro benzene ring substituents is 1. The van der Waals surface area contributed by atoms with Crippen molar-refractivity contribution >= 4 is 40.8 Å². The molecule has 0 spiro atoms. The fraction of sp³-hybridized carbons (Fsp3) is 0.217. The second-order valence-electron chi connectivity index (χ2n) is 7.65. The van der Waals surface area contributed by atoms with Gasteiger partial charge in [0, 0.05) is 17.8 Å². The van der Waals surface area contributed by atoms with Gasteiger partial charge in [-0.1, -0.05) is 24.3 Å². The minimum atomic E-state index is -0.816. The molecule has 0 saturated carbocycles. The maximum absolute atomic E-state index is 12.7. The van der Waals surface area contributed by atoms with E-state index in [9.17, 15) is 29.3 Å². The Kier molecular flexibility index (Phi) is 5.99. The first-order valence-electron chi connectivity index (χ1n) is 10.2. The Hall–Kier alpha value is -4.34. The standard InChI is InChI=1S/C23H19N3O7/c27-20(24-15-6-4-8-17(12-15)26(31)32)13-33-23(30)14-5-3-7-16(11-14)25-21(28)18-9-1-2-10-19(18)22(25)29/h1-8,11-12,18-19H,9-10,13H2,(H,24,27)/t18-,19+. The Balaban J connectivity index is 1.40. The van der Waals surface area contributed by atoms with Crippen molar-refractivity contribution in [1.29, 1.82) is 0 Å². The summed E-state index contributed by atoms with van der Waals surface area (Å²) in [6, 6.07) is 11.3. The van der Waals surface area contributed by atoms with Gasteiger partial charge in [0.05, 0.1) is 28.0 Å². The number of allylic oxidation sites excluding steroid dienone is 2. The molecule has 4 rings (SSSR count). The number of nitro groups is 1. The first-order valence-corrected chi connectivity index (χ1v) is 10.2. The second-order valence-corrected chi connectivity index (χ2v) is 7.65. The van der Waals surface area contributed by atoms with Crippen molar-refractivity contribution in [3.63, 3.8) is 0 Å². The molecule has 1 saturated heterocycles. The Labute approximate surface area is 188 Å². The van der Waals surface area contributed by atoms with Crippen LogP contribution in [0.5, 0.6) is 0 Å². The molecular weight excluding hydrogens is 430 g/mol. The van der Waals surface area contributed by atoms with Gasteiger partial charge >= 0.3 is 5.97 Å². The molecule has 1 aliphatic carbocycles. The van der Waals surface area contributed by atoms with E-state index >= 15 is 0 Å². The van der Waals surface area contributed by atoms with Crippen LogP contribution < -0.4 is 10.2 Å². The van der Waals surface area contributed by atoms with Gasteiger partial charge in [-0.05, 0) is 37.1 Å². The predicted molar refractivity (Wildman–Crippen MR) is 116 cm³/mol. The van der Waals surface area contributed by atoms with Gasteiger partial charge in [-0.15, -0.1) is 0 Å². The lowest BCUT2D eigenvalue weighted by Crippen LogP contribution is -2.31. The summed E-state index contributed by atoms with van der Waals surface area (Å²) in [6.45, 7) is -0.622. The number of benzene rings is 2. The fourth-order valence-corrected chi connectivity index (χ4v) is 3.94. The van der Waals surface area contributed by atoms with Crippen LogP contribution in [0, 0.1) is 22.0 Å². The van der Waals surface area contributed by atoms with E-state index in [0.717, 1.165) is 4.90 Å². The van der Waals surface area contributed by atoms with E-state index in [-0.39, 0.29) is 34.4 Å². The van der Waals surface area contributed by atoms with E-state index in [4.69, 9.17) is 4.74 Å². The average molecular weight is 449 g/mol. The summed E-state index contributed by atoms with van der Waals surface area (Å²) >= 11 is 0. The van der Waals surface area contributed by atoms with Gasteiger partial charge in [0.1, 0.15) is 0 Å². The van der Waals surface area contributed by atoms with Crippen molar-refractivity contribution in [1.82, 2.24) is 0 Å². The van der Waals surface area contributed by atoms with Crippen LogP contribution in [-0.4, -0.2) is 35.2 Å². The third-order valence-electron chi connectivity index (χ3n) is 5.52. The van der Waals surface area contributed by atoms with Gasteiger partial charge in [-0.3, -0.25) is 29.4 Å². The molecule has 10 heteroatoms. The number of ether oxygens (including phenoxy) is 1. The van der Waals surface area contributed by atoms with E-state index < -0.39 is 35.2 Å². The highest BCUT2D eigenvalue weighted by Crippen LogP contribution is 2.37. The molecule has 1 aliphatic heterocycles. The van der Waals surface area contributed by atoms with E-state index in [1.165, 1.54) is 42.5 Å². The molecule has 1 N–H and O–H groups in total. The zero-order valence-corrected chi connectivity index (χ0v) is 17.3. The topological polar surface area (TPSA) is 136 Å². The van der Waals surface area contributed by atoms with E-state index in [1.54, 1.807) is 6.07 Å². The number of imide groups is 1. The molecular formula is C23H19N3O7. The summed E-state index contributed by atoms with van der Waals surface area (Å²) in [5.74, 6) is -2.87. The Morgan fingerprint density at radius 2 is 1.70 bits per heavy atom. The molecule has 10 nitrogen and oxygen atoms in total. The van der Waals surface area contributed by atoms with Crippen LogP contribution in [0.3, 0.4) is 0 Å². The summed E-state index contributed by atoms with van der Waals surface area (Å²) < 4.78 is 5.02. The van der Waals surface area contributed by atoms with Crippen LogP contribution in [0.25, 0.3) is 0 Å². The van der Waals surface area contributed by atoms with Crippen LogP contribution in [0.15, 0.2) is 60.7 Å². The third kappa shape index (κ3) is 4.49. The van der Waals surface area contributed by atoms with Crippen LogP contribution in [-0.2, 0) is 19.1 Å². The first kappa shape index (κ1) is 21.9. The molecule has 0 aromatic heterocycles. The summed E-state index contributed by atoms with van der Waals surface area (Å²) in [5.41, 5.74) is 0.344. The molecule has 33 heavy (non-hydrogen) atoms. The van der Waals surface area contributed by atoms with Gasteiger partial charge in [0.15, 0.2) is 6.61 Å². The largest absolute Gasteiger partial charge is 0.452 e. The number of hydrogen-bond acceptors (Lipinski definition) is 7. The molecule has 0 unspecified atom stereocenters. The van der Waals surface area contributed by atoms with Crippen LogP contribution in [0.4, 0.5) is 17.1 Å². The van der Waals surface area contributed by atoms with E-state index in [2.05, 4.69) is 5.32 Å². The van der Waals surface area contributed by atoms with Gasteiger partial charge in [0.25, 0.3) is 11.6 Å². The molecule has 0 bridgehead atoms. The van der Waals surface area contributed by atoms with Crippen LogP contribution >= 0.6 is 0 Å². The van der Waals surface area contributed by atoms with E-state index in [0.29, 0.717) is 12.8 Å². The van der Waals surface area contributed by atoms with Gasteiger partial charge in [-0.25, -0.2) is 4.79 Å². The number of non-ortho nitro benzene ring substituents is 1. The normalized spacial score (nSPS) is 19.2. The number of carbonyl (C=O) groups excluding carboxylic acids is 4. The number of anilines is 2. The number of amides is 3. The molecule has 168 valence electrons. The number of nitrogens with zero attached hydrogens (tertiary/aromatic N) is 2. The predicted octanol–water partition coefficient (Wildman–Crippen LogP) is 2.85. The maximum Gasteiger partial charge on any atom is 0.338 e. The minimum absolute atomic E-state index is 0.0734. The number of rotatable bonds is 6. The van der Waals surface area contributed by atoms with E-state index in [1.807, 2.05) is 12.2 Å². The van der Waals surface area contributed by atoms with Crippen molar-refractivity contribution in [2.45, 2.75) is 12.8 Å². The SMILES string of the molecule is O=C(COC(=O)c1cccc(N2C(=O)[C@H]3CC=CC[C@H]3C2=O)c1)Nc1cccc([N+](=O)[O-])c1. The zero-order chi connectivity index (χ0) is 23.5. The number of fused-ring (bicyclic) bond motifs is 1. The van der Waals surface area contributed by atoms with Crippen molar-refractivity contribution in [3.8, 4) is 0 Å². The molecule has 2 aromatic carbocycles. The second kappa shape index (κ2) is 9.03. The first-order chi connectivity index (χ1) is 15.8. The van der Waals surface area contributed by atoms with Crippen molar-refractivity contribution in [2.75, 3.05) is 16.8 Å². The highest BCUT2D eigenvalue weighted by Gasteiger charge is 2.47. The quantitative estimate of drug-likeness (QED) is 0.235. The minimum Gasteiger partial charge on any atom is -0.452 e. The zero-order valence-electron chi connectivity index (χ0n) is 17.3. The molecule has 1 fully saturated rings. The number of carbonyl (C=O) groups is 4. The molecule has 0 radical (unpaired) electrons. The lowest BCUT2D eigenvalue weighted by Gasteiger charge is -2.15. The molecule has 3 amide bonds. The molecule has 2 aromatic rings.